The standard InChI is InChI=1S/C25H28N2O3S/c1-25(19-9-3-2-4-10-19,16-22-26-20-11-5-6-12-21(20)31-22)24(28)27-13-7-8-18(17-27)23-29-14-15-30-23/h2-6,9-12,18,23H,7-8,13-17H2,1H3. The van der Waals surface area contributed by atoms with Crippen LogP contribution in [0.2, 0.25) is 0 Å². The largest absolute Gasteiger partial charge is 0.350 e. The van der Waals surface area contributed by atoms with E-state index in [1.807, 2.05) is 41.3 Å². The average Bonchev–Trinajstić information content (AvgIpc) is 3.49. The second kappa shape index (κ2) is 8.69. The highest BCUT2D eigenvalue weighted by molar-refractivity contribution is 7.18. The number of carbonyl (C=O) groups is 1. The third kappa shape index (κ3) is 4.12. The van der Waals surface area contributed by atoms with Crippen molar-refractivity contribution in [2.24, 2.45) is 5.92 Å². The number of fused-ring (bicyclic) bond motifs is 1. The van der Waals surface area contributed by atoms with Crippen LogP contribution >= 0.6 is 11.3 Å². The van der Waals surface area contributed by atoms with E-state index in [-0.39, 0.29) is 18.1 Å². The van der Waals surface area contributed by atoms with Crippen LogP contribution in [0.4, 0.5) is 0 Å². The molecular weight excluding hydrogens is 408 g/mol. The number of hydrogen-bond acceptors (Lipinski definition) is 5. The number of para-hydroxylation sites is 1. The number of hydrogen-bond donors (Lipinski definition) is 0. The first-order valence-corrected chi connectivity index (χ1v) is 11.9. The number of nitrogens with zero attached hydrogens (tertiary/aromatic N) is 2. The lowest BCUT2D eigenvalue weighted by molar-refractivity contribution is -0.144. The summed E-state index contributed by atoms with van der Waals surface area (Å²) in [6.07, 6.45) is 2.43. The van der Waals surface area contributed by atoms with Crippen LogP contribution in [0.5, 0.6) is 0 Å². The Morgan fingerprint density at radius 1 is 1.13 bits per heavy atom. The molecule has 0 N–H and O–H groups in total. The van der Waals surface area contributed by atoms with Crippen molar-refractivity contribution in [1.29, 1.82) is 0 Å². The van der Waals surface area contributed by atoms with Gasteiger partial charge < -0.3 is 14.4 Å². The van der Waals surface area contributed by atoms with Crippen molar-refractivity contribution in [2.75, 3.05) is 26.3 Å². The molecule has 2 unspecified atom stereocenters. The Labute approximate surface area is 187 Å². The second-order valence-corrected chi connectivity index (χ2v) is 9.83. The molecule has 2 aromatic carbocycles. The minimum Gasteiger partial charge on any atom is -0.350 e. The van der Waals surface area contributed by atoms with E-state index in [9.17, 15) is 4.79 Å². The van der Waals surface area contributed by atoms with Crippen LogP contribution in [-0.2, 0) is 26.1 Å². The van der Waals surface area contributed by atoms with Crippen LogP contribution in [0, 0.1) is 5.92 Å². The number of amides is 1. The van der Waals surface area contributed by atoms with E-state index in [0.29, 0.717) is 26.2 Å². The quantitative estimate of drug-likeness (QED) is 0.595. The van der Waals surface area contributed by atoms with Crippen molar-refractivity contribution >= 4 is 27.5 Å². The Morgan fingerprint density at radius 2 is 1.87 bits per heavy atom. The third-order valence-corrected chi connectivity index (χ3v) is 7.54. The van der Waals surface area contributed by atoms with Crippen LogP contribution in [-0.4, -0.2) is 48.4 Å². The predicted octanol–water partition coefficient (Wildman–Crippen LogP) is 4.41. The van der Waals surface area contributed by atoms with E-state index < -0.39 is 5.41 Å². The highest BCUT2D eigenvalue weighted by atomic mass is 32.1. The molecular formula is C25H28N2O3S. The van der Waals surface area contributed by atoms with Crippen LogP contribution in [0.25, 0.3) is 10.2 Å². The maximum atomic E-state index is 14.0. The SMILES string of the molecule is CC(Cc1nc2ccccc2s1)(C(=O)N1CCCC(C2OCCO2)C1)c1ccccc1. The van der Waals surface area contributed by atoms with Gasteiger partial charge in [0.15, 0.2) is 6.29 Å². The summed E-state index contributed by atoms with van der Waals surface area (Å²) in [6.45, 7) is 4.84. The summed E-state index contributed by atoms with van der Waals surface area (Å²) >= 11 is 1.68. The van der Waals surface area contributed by atoms with Crippen molar-refractivity contribution in [3.63, 3.8) is 0 Å². The van der Waals surface area contributed by atoms with E-state index in [1.165, 1.54) is 0 Å². The lowest BCUT2D eigenvalue weighted by Gasteiger charge is -2.40. The highest BCUT2D eigenvalue weighted by Crippen LogP contribution is 2.35. The van der Waals surface area contributed by atoms with Gasteiger partial charge in [-0.15, -0.1) is 11.3 Å². The number of benzene rings is 2. The third-order valence-electron chi connectivity index (χ3n) is 6.50. The fourth-order valence-electron chi connectivity index (χ4n) is 4.82. The van der Waals surface area contributed by atoms with Gasteiger partial charge in [0.1, 0.15) is 0 Å². The molecule has 1 aromatic heterocycles. The Hall–Kier alpha value is -2.28. The minimum absolute atomic E-state index is 0.167. The number of piperidine rings is 1. The summed E-state index contributed by atoms with van der Waals surface area (Å²) in [7, 11) is 0. The Balaban J connectivity index is 1.44. The maximum absolute atomic E-state index is 14.0. The van der Waals surface area contributed by atoms with Crippen LogP contribution < -0.4 is 0 Å². The lowest BCUT2D eigenvalue weighted by atomic mass is 9.77. The first-order valence-electron chi connectivity index (χ1n) is 11.1. The zero-order valence-electron chi connectivity index (χ0n) is 17.8. The summed E-state index contributed by atoms with van der Waals surface area (Å²) in [5.74, 6) is 0.406. The van der Waals surface area contributed by atoms with Gasteiger partial charge in [0, 0.05) is 25.4 Å². The van der Waals surface area contributed by atoms with E-state index in [4.69, 9.17) is 14.5 Å². The summed E-state index contributed by atoms with van der Waals surface area (Å²) < 4.78 is 12.7. The molecule has 162 valence electrons. The normalized spacial score (nSPS) is 22.0. The molecule has 0 aliphatic carbocycles. The molecule has 3 heterocycles. The summed E-state index contributed by atoms with van der Waals surface area (Å²) in [4.78, 5) is 20.9. The van der Waals surface area contributed by atoms with Crippen molar-refractivity contribution in [1.82, 2.24) is 9.88 Å². The first kappa shape index (κ1) is 20.6. The number of carbonyl (C=O) groups excluding carboxylic acids is 1. The Kier molecular flexibility index (Phi) is 5.78. The van der Waals surface area contributed by atoms with Crippen molar-refractivity contribution < 1.29 is 14.3 Å². The molecule has 0 radical (unpaired) electrons. The number of thiazole rings is 1. The molecule has 1 amide bonds. The molecule has 0 bridgehead atoms. The van der Waals surface area contributed by atoms with Gasteiger partial charge in [-0.3, -0.25) is 4.79 Å². The molecule has 3 aromatic rings. The van der Waals surface area contributed by atoms with Gasteiger partial charge in [-0.05, 0) is 37.5 Å². The van der Waals surface area contributed by atoms with E-state index in [1.54, 1.807) is 11.3 Å². The molecule has 0 spiro atoms. The zero-order chi connectivity index (χ0) is 21.3. The zero-order valence-corrected chi connectivity index (χ0v) is 18.6. The van der Waals surface area contributed by atoms with Gasteiger partial charge in [0.25, 0.3) is 0 Å². The van der Waals surface area contributed by atoms with E-state index >= 15 is 0 Å². The Bertz CT molecular complexity index is 1010. The highest BCUT2D eigenvalue weighted by Gasteiger charge is 2.42. The smallest absolute Gasteiger partial charge is 0.233 e. The molecule has 6 heteroatoms. The number of rotatable bonds is 5. The molecule has 2 atom stereocenters. The molecule has 0 saturated carbocycles. The Morgan fingerprint density at radius 3 is 2.65 bits per heavy atom. The fourth-order valence-corrected chi connectivity index (χ4v) is 5.94. The molecule has 31 heavy (non-hydrogen) atoms. The molecule has 2 saturated heterocycles. The van der Waals surface area contributed by atoms with Gasteiger partial charge in [0.2, 0.25) is 5.91 Å². The summed E-state index contributed by atoms with van der Waals surface area (Å²) in [6, 6.07) is 18.3. The van der Waals surface area contributed by atoms with Crippen LogP contribution in [0.1, 0.15) is 30.3 Å². The van der Waals surface area contributed by atoms with E-state index in [0.717, 1.165) is 40.2 Å². The van der Waals surface area contributed by atoms with Gasteiger partial charge in [-0.25, -0.2) is 4.98 Å². The lowest BCUT2D eigenvalue weighted by Crippen LogP contribution is -2.51. The van der Waals surface area contributed by atoms with Crippen molar-refractivity contribution in [3.05, 3.63) is 65.2 Å². The molecule has 2 aliphatic rings. The van der Waals surface area contributed by atoms with Gasteiger partial charge in [-0.1, -0.05) is 42.5 Å². The number of ether oxygens (including phenoxy) is 2. The molecule has 5 nitrogen and oxygen atoms in total. The average molecular weight is 437 g/mol. The van der Waals surface area contributed by atoms with Gasteiger partial charge in [-0.2, -0.15) is 0 Å². The second-order valence-electron chi connectivity index (χ2n) is 8.71. The van der Waals surface area contributed by atoms with Crippen molar-refractivity contribution in [3.8, 4) is 0 Å². The van der Waals surface area contributed by atoms with E-state index in [2.05, 4.69) is 25.1 Å². The van der Waals surface area contributed by atoms with Gasteiger partial charge in [0.05, 0.1) is 33.9 Å². The monoisotopic (exact) mass is 436 g/mol. The number of aromatic nitrogens is 1. The minimum atomic E-state index is -0.672. The maximum Gasteiger partial charge on any atom is 0.233 e. The molecule has 2 aliphatic heterocycles. The molecule has 5 rings (SSSR count). The van der Waals surface area contributed by atoms with Gasteiger partial charge >= 0.3 is 0 Å². The number of likely N-dealkylation sites (tertiary alicyclic amines) is 1. The van der Waals surface area contributed by atoms with Crippen molar-refractivity contribution in [2.45, 2.75) is 37.9 Å². The fraction of sp³-hybridized carbons (Fsp3) is 0.440. The van der Waals surface area contributed by atoms with Crippen LogP contribution in [0.3, 0.4) is 0 Å². The molecule has 2 fully saturated rings. The summed E-state index contributed by atoms with van der Waals surface area (Å²) in [5.41, 5.74) is 1.36. The predicted molar refractivity (Wildman–Crippen MR) is 122 cm³/mol. The first-order chi connectivity index (χ1) is 15.1. The van der Waals surface area contributed by atoms with Crippen LogP contribution in [0.15, 0.2) is 54.6 Å². The topological polar surface area (TPSA) is 51.7 Å². The summed E-state index contributed by atoms with van der Waals surface area (Å²) in [5, 5.41) is 0.997.